The molecule has 0 bridgehead atoms. The molecule has 1 aromatic heterocycles. The van der Waals surface area contributed by atoms with Gasteiger partial charge in [-0.25, -0.2) is 14.8 Å². The van der Waals surface area contributed by atoms with Crippen molar-refractivity contribution in [2.75, 3.05) is 7.11 Å². The number of nitrogens with zero attached hydrogens (tertiary/aromatic N) is 2. The van der Waals surface area contributed by atoms with Gasteiger partial charge in [0.05, 0.1) is 49.0 Å². The van der Waals surface area contributed by atoms with Gasteiger partial charge < -0.3 is 24.6 Å². The van der Waals surface area contributed by atoms with Gasteiger partial charge in [-0.15, -0.1) is 0 Å². The summed E-state index contributed by atoms with van der Waals surface area (Å²) in [7, 11) is 1.54. The maximum absolute atomic E-state index is 12.2. The van der Waals surface area contributed by atoms with Crippen LogP contribution in [0.5, 0.6) is 5.88 Å². The summed E-state index contributed by atoms with van der Waals surface area (Å²) < 4.78 is 16.5. The van der Waals surface area contributed by atoms with Gasteiger partial charge in [-0.1, -0.05) is 24.3 Å². The number of aliphatic carboxylic acids is 1. The lowest BCUT2D eigenvalue weighted by Crippen LogP contribution is -2.50. The van der Waals surface area contributed by atoms with Crippen molar-refractivity contribution in [2.24, 2.45) is 0 Å². The van der Waals surface area contributed by atoms with E-state index < -0.39 is 29.8 Å². The zero-order valence-corrected chi connectivity index (χ0v) is 18.7. The first-order valence-electron chi connectivity index (χ1n) is 10.5. The molecule has 9 nitrogen and oxygen atoms in total. The van der Waals surface area contributed by atoms with Gasteiger partial charge in [-0.2, -0.15) is 0 Å². The first-order valence-corrected chi connectivity index (χ1v) is 10.5. The number of methoxy groups -OCH3 is 1. The number of carbonyl (C=O) groups is 2. The van der Waals surface area contributed by atoms with Gasteiger partial charge in [0.25, 0.3) is 0 Å². The summed E-state index contributed by atoms with van der Waals surface area (Å²) in [5.74, 6) is -0.572. The van der Waals surface area contributed by atoms with Crippen LogP contribution in [0.4, 0.5) is 4.79 Å². The Labute approximate surface area is 186 Å². The smallest absolute Gasteiger partial charge is 0.407 e. The highest BCUT2D eigenvalue weighted by molar-refractivity contribution is 5.84. The number of aromatic nitrogens is 2. The molecule has 32 heavy (non-hydrogen) atoms. The largest absolute Gasteiger partial charge is 0.481 e. The predicted octanol–water partition coefficient (Wildman–Crippen LogP) is 3.57. The second-order valence-corrected chi connectivity index (χ2v) is 8.63. The predicted molar refractivity (Wildman–Crippen MR) is 118 cm³/mol. The van der Waals surface area contributed by atoms with Crippen molar-refractivity contribution in [3.8, 4) is 5.88 Å². The molecule has 2 aromatic rings. The number of fused-ring (bicyclic) bond motifs is 1. The number of ether oxygens (including phenoxy) is 3. The van der Waals surface area contributed by atoms with Crippen molar-refractivity contribution in [3.63, 3.8) is 0 Å². The van der Waals surface area contributed by atoms with E-state index in [1.165, 1.54) is 7.11 Å². The fraction of sp³-hybridized carbons (Fsp3) is 0.478. The molecule has 0 saturated carbocycles. The number of para-hydroxylation sites is 1. The van der Waals surface area contributed by atoms with Crippen LogP contribution < -0.4 is 10.1 Å². The highest BCUT2D eigenvalue weighted by atomic mass is 16.6. The van der Waals surface area contributed by atoms with Crippen molar-refractivity contribution in [3.05, 3.63) is 36.0 Å². The summed E-state index contributed by atoms with van der Waals surface area (Å²) in [4.78, 5) is 32.3. The minimum Gasteiger partial charge on any atom is -0.481 e. The van der Waals surface area contributed by atoms with E-state index in [0.717, 1.165) is 11.1 Å². The lowest BCUT2D eigenvalue weighted by molar-refractivity contribution is -0.143. The highest BCUT2D eigenvalue weighted by Crippen LogP contribution is 2.25. The van der Waals surface area contributed by atoms with Crippen LogP contribution in [-0.4, -0.2) is 58.1 Å². The van der Waals surface area contributed by atoms with E-state index in [9.17, 15) is 14.7 Å². The van der Waals surface area contributed by atoms with Crippen molar-refractivity contribution in [1.82, 2.24) is 15.3 Å². The fourth-order valence-corrected chi connectivity index (χ4v) is 3.53. The molecule has 3 atom stereocenters. The zero-order valence-electron chi connectivity index (χ0n) is 18.7. The Hall–Kier alpha value is -3.20. The van der Waals surface area contributed by atoms with Crippen LogP contribution in [0.25, 0.3) is 17.1 Å². The normalized spacial score (nSPS) is 21.4. The minimum atomic E-state index is -0.993. The number of carbonyl (C=O) groups excluding carboxylic acids is 1. The van der Waals surface area contributed by atoms with Gasteiger partial charge in [-0.05, 0) is 39.7 Å². The quantitative estimate of drug-likeness (QED) is 0.695. The molecule has 1 fully saturated rings. The molecule has 1 amide bonds. The number of rotatable bonds is 6. The average molecular weight is 444 g/mol. The van der Waals surface area contributed by atoms with Crippen LogP contribution in [-0.2, 0) is 14.3 Å². The van der Waals surface area contributed by atoms with E-state index in [4.69, 9.17) is 14.2 Å². The van der Waals surface area contributed by atoms with Gasteiger partial charge in [0, 0.05) is 5.56 Å². The molecule has 9 heteroatoms. The van der Waals surface area contributed by atoms with E-state index in [0.29, 0.717) is 24.2 Å². The Morgan fingerprint density at radius 2 is 2.09 bits per heavy atom. The zero-order chi connectivity index (χ0) is 23.3. The van der Waals surface area contributed by atoms with Crippen LogP contribution in [0, 0.1) is 0 Å². The van der Waals surface area contributed by atoms with E-state index >= 15 is 0 Å². The lowest BCUT2D eigenvalue weighted by atomic mass is 9.96. The molecule has 3 rings (SSSR count). The topological polar surface area (TPSA) is 120 Å². The molecule has 1 aliphatic heterocycles. The Balaban J connectivity index is 1.72. The third-order valence-corrected chi connectivity index (χ3v) is 4.92. The lowest BCUT2D eigenvalue weighted by Gasteiger charge is -2.35. The Morgan fingerprint density at radius 1 is 1.31 bits per heavy atom. The maximum Gasteiger partial charge on any atom is 0.407 e. The van der Waals surface area contributed by atoms with Crippen LogP contribution in [0.15, 0.2) is 30.5 Å². The van der Waals surface area contributed by atoms with Gasteiger partial charge in [0.1, 0.15) is 5.60 Å². The van der Waals surface area contributed by atoms with Gasteiger partial charge in [0.2, 0.25) is 5.88 Å². The molecule has 2 heterocycles. The number of nitrogens with one attached hydrogen (secondary N) is 1. The summed E-state index contributed by atoms with van der Waals surface area (Å²) >= 11 is 0. The Morgan fingerprint density at radius 3 is 2.78 bits per heavy atom. The molecule has 0 aliphatic carbocycles. The van der Waals surface area contributed by atoms with Gasteiger partial charge >= 0.3 is 12.1 Å². The summed E-state index contributed by atoms with van der Waals surface area (Å²) in [6.45, 7) is 5.31. The minimum absolute atomic E-state index is 0.220. The summed E-state index contributed by atoms with van der Waals surface area (Å²) in [6.07, 6.45) is 4.74. The average Bonchev–Trinajstić information content (AvgIpc) is 2.71. The van der Waals surface area contributed by atoms with Crippen molar-refractivity contribution in [2.45, 2.75) is 63.9 Å². The second kappa shape index (κ2) is 9.95. The second-order valence-electron chi connectivity index (χ2n) is 8.63. The molecule has 1 aliphatic rings. The van der Waals surface area contributed by atoms with Crippen molar-refractivity contribution in [1.29, 1.82) is 0 Å². The molecule has 0 unspecified atom stereocenters. The van der Waals surface area contributed by atoms with E-state index in [1.807, 2.05) is 30.4 Å². The monoisotopic (exact) mass is 443 g/mol. The number of amides is 1. The molecule has 0 spiro atoms. The fourth-order valence-electron chi connectivity index (χ4n) is 3.53. The molecule has 1 aromatic carbocycles. The summed E-state index contributed by atoms with van der Waals surface area (Å²) in [5.41, 5.74) is 1.65. The number of hydrogen-bond donors (Lipinski definition) is 2. The van der Waals surface area contributed by atoms with Crippen LogP contribution in [0.2, 0.25) is 0 Å². The van der Waals surface area contributed by atoms with E-state index in [1.54, 1.807) is 27.0 Å². The summed E-state index contributed by atoms with van der Waals surface area (Å²) in [6, 6.07) is 5.22. The third kappa shape index (κ3) is 6.40. The van der Waals surface area contributed by atoms with E-state index in [-0.39, 0.29) is 12.5 Å². The number of benzene rings is 1. The van der Waals surface area contributed by atoms with Crippen LogP contribution in [0.1, 0.15) is 45.6 Å². The van der Waals surface area contributed by atoms with Gasteiger partial charge in [-0.3, -0.25) is 4.79 Å². The SMILES string of the molecule is COc1cnc2cccc(/C=C/[C@@H]3CC[C@@H](NC(=O)OC(C)(C)C)[C@@H](CC(=O)O)O3)c2n1. The molecular formula is C23H29N3O6. The molecule has 0 radical (unpaired) electrons. The number of hydrogen-bond acceptors (Lipinski definition) is 7. The first kappa shape index (κ1) is 23.5. The molecule has 2 N–H and O–H groups in total. The standard InChI is InChI=1S/C23H29N3O6/c1-23(2,3)32-22(29)25-16-11-10-15(31-18(16)12-20(27)28)9-8-14-6-5-7-17-21(14)26-19(30-4)13-24-17/h5-9,13,15-16,18H,10-12H2,1-4H3,(H,25,29)(H,27,28)/b9-8+/t15-,16-,18-/m1/s1. The van der Waals surface area contributed by atoms with Crippen molar-refractivity contribution < 1.29 is 28.9 Å². The Kier molecular flexibility index (Phi) is 7.29. The number of carboxylic acid groups (broad SMARTS) is 1. The number of alkyl carbamates (subject to hydrolysis) is 1. The van der Waals surface area contributed by atoms with Crippen LogP contribution in [0.3, 0.4) is 0 Å². The van der Waals surface area contributed by atoms with Crippen LogP contribution >= 0.6 is 0 Å². The Bertz CT molecular complexity index is 1000. The first-order chi connectivity index (χ1) is 15.1. The number of carboxylic acids is 1. The van der Waals surface area contributed by atoms with E-state index in [2.05, 4.69) is 15.3 Å². The highest BCUT2D eigenvalue weighted by Gasteiger charge is 2.34. The maximum atomic E-state index is 12.2. The van der Waals surface area contributed by atoms with Crippen molar-refractivity contribution >= 4 is 29.2 Å². The third-order valence-electron chi connectivity index (χ3n) is 4.92. The molecular weight excluding hydrogens is 414 g/mol. The molecule has 172 valence electrons. The van der Waals surface area contributed by atoms with Gasteiger partial charge in [0.15, 0.2) is 0 Å². The molecule has 1 saturated heterocycles. The summed E-state index contributed by atoms with van der Waals surface area (Å²) in [5, 5.41) is 12.1.